The molecule has 1 saturated carbocycles. The number of hydrogen-bond donors (Lipinski definition) is 0. The summed E-state index contributed by atoms with van der Waals surface area (Å²) in [6, 6.07) is 4.92. The second-order valence-electron chi connectivity index (χ2n) is 11.1. The Morgan fingerprint density at radius 3 is 2.16 bits per heavy atom. The first-order valence-electron chi connectivity index (χ1n) is 14.0. The van der Waals surface area contributed by atoms with Crippen LogP contribution in [0.15, 0.2) is 30.3 Å². The molecule has 236 valence electrons. The summed E-state index contributed by atoms with van der Waals surface area (Å²) >= 11 is 11.9. The quantitative estimate of drug-likeness (QED) is 0.220. The summed E-state index contributed by atoms with van der Waals surface area (Å²) in [5.41, 5.74) is 0.680. The number of halogens is 7. The molecule has 1 amide bonds. The Labute approximate surface area is 257 Å². The van der Waals surface area contributed by atoms with Crippen LogP contribution in [0.2, 0.25) is 10.0 Å². The van der Waals surface area contributed by atoms with Crippen molar-refractivity contribution in [2.24, 2.45) is 5.92 Å². The molecule has 2 aromatic carbocycles. The van der Waals surface area contributed by atoms with E-state index in [1.165, 1.54) is 47.2 Å². The van der Waals surface area contributed by atoms with Crippen LogP contribution in [0.1, 0.15) is 65.5 Å². The van der Waals surface area contributed by atoms with Crippen LogP contribution in [0.25, 0.3) is 0 Å². The molecular formula is C30H33Cl2F5N2O4. The van der Waals surface area contributed by atoms with Crippen LogP contribution < -0.4 is 4.74 Å². The Morgan fingerprint density at radius 1 is 1.02 bits per heavy atom. The van der Waals surface area contributed by atoms with Crippen molar-refractivity contribution in [1.29, 1.82) is 0 Å². The predicted octanol–water partition coefficient (Wildman–Crippen LogP) is 7.38. The summed E-state index contributed by atoms with van der Waals surface area (Å²) in [5.74, 6) is -0.724. The van der Waals surface area contributed by atoms with Gasteiger partial charge in [-0.1, -0.05) is 23.2 Å². The molecule has 3 aliphatic rings. The van der Waals surface area contributed by atoms with Crippen molar-refractivity contribution in [2.45, 2.75) is 56.4 Å². The van der Waals surface area contributed by atoms with E-state index < -0.39 is 30.1 Å². The first-order chi connectivity index (χ1) is 20.4. The number of nitrogens with zero attached hydrogens (tertiary/aromatic N) is 2. The summed E-state index contributed by atoms with van der Waals surface area (Å²) in [4.78, 5) is 24.5. The largest absolute Gasteiger partial charge is 0.493 e. The molecule has 3 fully saturated rings. The van der Waals surface area contributed by atoms with E-state index in [9.17, 15) is 26.7 Å². The SMILES string of the molecule is COC=O.O=C(c1cc(C2CC2)c(OCC2CCN(C(c3cc(Cl)cc(Cl)c3)C(F)(F)F)CC2)cc1F)N1CCC(F)C1. The minimum absolute atomic E-state index is 0.00449. The molecule has 0 radical (unpaired) electrons. The van der Waals surface area contributed by atoms with Crippen molar-refractivity contribution in [2.75, 3.05) is 39.9 Å². The van der Waals surface area contributed by atoms with Gasteiger partial charge in [-0.25, -0.2) is 8.78 Å². The average Bonchev–Trinajstić information content (AvgIpc) is 3.70. The van der Waals surface area contributed by atoms with Gasteiger partial charge in [0.2, 0.25) is 0 Å². The van der Waals surface area contributed by atoms with Crippen molar-refractivity contribution in [1.82, 2.24) is 9.80 Å². The number of benzene rings is 2. The van der Waals surface area contributed by atoms with Crippen LogP contribution in [0.4, 0.5) is 22.0 Å². The zero-order valence-corrected chi connectivity index (χ0v) is 25.0. The number of piperidine rings is 1. The van der Waals surface area contributed by atoms with Crippen LogP contribution in [-0.2, 0) is 9.53 Å². The van der Waals surface area contributed by atoms with Gasteiger partial charge in [0, 0.05) is 22.7 Å². The van der Waals surface area contributed by atoms with Gasteiger partial charge in [-0.2, -0.15) is 13.2 Å². The number of rotatable bonds is 8. The van der Waals surface area contributed by atoms with Crippen molar-refractivity contribution in [3.8, 4) is 5.75 Å². The summed E-state index contributed by atoms with van der Waals surface area (Å²) < 4.78 is 80.6. The van der Waals surface area contributed by atoms with Gasteiger partial charge in [0.05, 0.1) is 25.8 Å². The number of likely N-dealkylation sites (tertiary alicyclic amines) is 2. The molecule has 0 aromatic heterocycles. The highest BCUT2D eigenvalue weighted by Crippen LogP contribution is 2.46. The minimum atomic E-state index is -4.51. The molecule has 2 unspecified atom stereocenters. The second kappa shape index (κ2) is 14.4. The van der Waals surface area contributed by atoms with E-state index in [0.717, 1.165) is 18.4 Å². The third-order valence-corrected chi connectivity index (χ3v) is 8.30. The summed E-state index contributed by atoms with van der Waals surface area (Å²) in [6.07, 6.45) is -2.61. The van der Waals surface area contributed by atoms with E-state index in [1.807, 2.05) is 0 Å². The topological polar surface area (TPSA) is 59.1 Å². The normalized spacial score (nSPS) is 20.3. The van der Waals surface area contributed by atoms with Gasteiger partial charge >= 0.3 is 6.18 Å². The molecule has 2 saturated heterocycles. The monoisotopic (exact) mass is 650 g/mol. The molecule has 0 spiro atoms. The lowest BCUT2D eigenvalue weighted by molar-refractivity contribution is -0.190. The highest BCUT2D eigenvalue weighted by atomic mass is 35.5. The molecule has 2 heterocycles. The molecule has 5 rings (SSSR count). The van der Waals surface area contributed by atoms with Crippen LogP contribution in [0, 0.1) is 11.7 Å². The van der Waals surface area contributed by atoms with Crippen LogP contribution in [-0.4, -0.2) is 74.4 Å². The van der Waals surface area contributed by atoms with Crippen LogP contribution in [0.5, 0.6) is 5.75 Å². The fourth-order valence-electron chi connectivity index (χ4n) is 5.57. The summed E-state index contributed by atoms with van der Waals surface area (Å²) in [6.45, 7) is 1.23. The molecular weight excluding hydrogens is 618 g/mol. The molecule has 43 heavy (non-hydrogen) atoms. The predicted molar refractivity (Wildman–Crippen MR) is 152 cm³/mol. The molecule has 2 aliphatic heterocycles. The fourth-order valence-corrected chi connectivity index (χ4v) is 6.11. The number of methoxy groups -OCH3 is 1. The van der Waals surface area contributed by atoms with Gasteiger partial charge in [0.15, 0.2) is 0 Å². The van der Waals surface area contributed by atoms with E-state index in [-0.39, 0.29) is 72.2 Å². The number of alkyl halides is 4. The minimum Gasteiger partial charge on any atom is -0.493 e. The molecule has 1 aliphatic carbocycles. The average molecular weight is 651 g/mol. The van der Waals surface area contributed by atoms with Crippen LogP contribution in [0.3, 0.4) is 0 Å². The van der Waals surface area contributed by atoms with E-state index in [1.54, 1.807) is 0 Å². The maximum Gasteiger partial charge on any atom is 0.408 e. The van der Waals surface area contributed by atoms with Gasteiger partial charge in [-0.3, -0.25) is 14.5 Å². The van der Waals surface area contributed by atoms with Crippen molar-refractivity contribution in [3.05, 3.63) is 62.9 Å². The fraction of sp³-hybridized carbons (Fsp3) is 0.533. The maximum absolute atomic E-state index is 15.0. The molecule has 0 N–H and O–H groups in total. The Bertz CT molecular complexity index is 1270. The smallest absolute Gasteiger partial charge is 0.408 e. The first-order valence-corrected chi connectivity index (χ1v) is 14.8. The Balaban J connectivity index is 0.000000996. The molecule has 6 nitrogen and oxygen atoms in total. The third kappa shape index (κ3) is 8.73. The van der Waals surface area contributed by atoms with E-state index >= 15 is 0 Å². The summed E-state index contributed by atoms with van der Waals surface area (Å²) in [5, 5.41) is 0.294. The Kier molecular flexibility index (Phi) is 11.2. The van der Waals surface area contributed by atoms with Gasteiger partial charge in [0.1, 0.15) is 23.8 Å². The third-order valence-electron chi connectivity index (χ3n) is 7.86. The Hall–Kier alpha value is -2.63. The highest BCUT2D eigenvalue weighted by molar-refractivity contribution is 6.34. The molecule has 2 atom stereocenters. The van der Waals surface area contributed by atoms with Crippen molar-refractivity contribution < 1.29 is 41.0 Å². The zero-order chi connectivity index (χ0) is 31.3. The lowest BCUT2D eigenvalue weighted by atomic mass is 9.94. The first kappa shape index (κ1) is 33.3. The standard InChI is InChI=1S/C28H29Cl2F5N2O2.C2H4O2/c29-19-9-18(10-20(30)11-19)26(28(33,34)35)36-6-3-16(4-7-36)15-39-25-13-24(32)23(12-22(25)17-1-2-17)27(38)37-8-5-21(31)14-37;1-4-2-3/h9-13,16-17,21,26H,1-8,14-15H2;2H,1H3. The van der Waals surface area contributed by atoms with Gasteiger partial charge in [-0.05, 0) is 92.4 Å². The van der Waals surface area contributed by atoms with Gasteiger partial charge in [0.25, 0.3) is 12.4 Å². The number of carbonyl (C=O) groups is 2. The molecule has 0 bridgehead atoms. The zero-order valence-electron chi connectivity index (χ0n) is 23.5. The number of carbonyl (C=O) groups excluding carboxylic acids is 2. The maximum atomic E-state index is 15.0. The van der Waals surface area contributed by atoms with Crippen molar-refractivity contribution >= 4 is 35.6 Å². The number of hydrogen-bond acceptors (Lipinski definition) is 5. The van der Waals surface area contributed by atoms with Crippen molar-refractivity contribution in [3.63, 3.8) is 0 Å². The van der Waals surface area contributed by atoms with E-state index in [4.69, 9.17) is 32.7 Å². The van der Waals surface area contributed by atoms with Gasteiger partial charge < -0.3 is 14.4 Å². The molecule has 2 aromatic rings. The summed E-state index contributed by atoms with van der Waals surface area (Å²) in [7, 11) is 1.31. The number of amides is 1. The lowest BCUT2D eigenvalue weighted by Gasteiger charge is -2.38. The van der Waals surface area contributed by atoms with E-state index in [0.29, 0.717) is 25.1 Å². The van der Waals surface area contributed by atoms with Crippen LogP contribution >= 0.6 is 23.2 Å². The lowest BCUT2D eigenvalue weighted by Crippen LogP contribution is -2.43. The Morgan fingerprint density at radius 2 is 1.65 bits per heavy atom. The van der Waals surface area contributed by atoms with Gasteiger partial charge in [-0.15, -0.1) is 0 Å². The number of ether oxygens (including phenoxy) is 2. The molecule has 13 heteroatoms. The highest BCUT2D eigenvalue weighted by Gasteiger charge is 2.46. The van der Waals surface area contributed by atoms with E-state index in [2.05, 4.69) is 4.74 Å². The second-order valence-corrected chi connectivity index (χ2v) is 11.9.